The third-order valence-electron chi connectivity index (χ3n) is 2.81. The number of carbonyl (C=O) groups is 1. The number of ketones is 1. The van der Waals surface area contributed by atoms with E-state index in [4.69, 9.17) is 0 Å². The van der Waals surface area contributed by atoms with E-state index in [1.165, 1.54) is 0 Å². The van der Waals surface area contributed by atoms with Crippen molar-refractivity contribution < 1.29 is 4.79 Å². The van der Waals surface area contributed by atoms with Crippen molar-refractivity contribution in [1.82, 2.24) is 9.78 Å². The molecule has 1 aromatic heterocycles. The molecule has 0 aliphatic heterocycles. The smallest absolute Gasteiger partial charge is 0.187 e. The summed E-state index contributed by atoms with van der Waals surface area (Å²) in [4.78, 5) is 11.9. The van der Waals surface area contributed by atoms with E-state index in [0.717, 1.165) is 17.7 Å². The molecule has 92 valence electrons. The Morgan fingerprint density at radius 3 is 2.67 bits per heavy atom. The van der Waals surface area contributed by atoms with Crippen LogP contribution in [0.4, 0.5) is 0 Å². The second-order valence-corrected chi connectivity index (χ2v) is 4.18. The van der Waals surface area contributed by atoms with Crippen molar-refractivity contribution in [1.29, 1.82) is 0 Å². The average Bonchev–Trinajstić information content (AvgIpc) is 2.89. The molecule has 0 N–H and O–H groups in total. The van der Waals surface area contributed by atoms with Crippen LogP contribution in [0.1, 0.15) is 30.3 Å². The van der Waals surface area contributed by atoms with Crippen molar-refractivity contribution in [3.05, 3.63) is 60.4 Å². The van der Waals surface area contributed by atoms with Gasteiger partial charge in [0.1, 0.15) is 5.69 Å². The SMILES string of the molecule is C=C(CC)CC(=O)c1ccn(-c2ccccc2)n1. The first-order valence-corrected chi connectivity index (χ1v) is 6.01. The molecule has 2 aromatic rings. The predicted octanol–water partition coefficient (Wildman–Crippen LogP) is 3.41. The Kier molecular flexibility index (Phi) is 3.72. The molecule has 0 spiro atoms. The molecule has 0 aliphatic rings. The first-order valence-electron chi connectivity index (χ1n) is 6.01. The number of nitrogens with zero attached hydrogens (tertiary/aromatic N) is 2. The highest BCUT2D eigenvalue weighted by Crippen LogP contribution is 2.11. The highest BCUT2D eigenvalue weighted by molar-refractivity contribution is 5.95. The summed E-state index contributed by atoms with van der Waals surface area (Å²) in [7, 11) is 0. The number of benzene rings is 1. The van der Waals surface area contributed by atoms with Crippen LogP contribution in [0.25, 0.3) is 5.69 Å². The van der Waals surface area contributed by atoms with Gasteiger partial charge in [-0.1, -0.05) is 37.3 Å². The van der Waals surface area contributed by atoms with Crippen LogP contribution >= 0.6 is 0 Å². The third kappa shape index (κ3) is 2.74. The van der Waals surface area contributed by atoms with E-state index < -0.39 is 0 Å². The van der Waals surface area contributed by atoms with Gasteiger partial charge in [0.25, 0.3) is 0 Å². The molecule has 0 fully saturated rings. The molecule has 0 aliphatic carbocycles. The lowest BCUT2D eigenvalue weighted by Gasteiger charge is -2.00. The molecule has 1 aromatic carbocycles. The first kappa shape index (κ1) is 12.3. The van der Waals surface area contributed by atoms with Crippen LogP contribution in [0.2, 0.25) is 0 Å². The van der Waals surface area contributed by atoms with Crippen molar-refractivity contribution in [3.63, 3.8) is 0 Å². The lowest BCUT2D eigenvalue weighted by Crippen LogP contribution is -2.03. The van der Waals surface area contributed by atoms with E-state index in [2.05, 4.69) is 11.7 Å². The predicted molar refractivity (Wildman–Crippen MR) is 71.9 cm³/mol. The van der Waals surface area contributed by atoms with E-state index in [1.54, 1.807) is 16.9 Å². The maximum absolute atomic E-state index is 11.9. The topological polar surface area (TPSA) is 34.9 Å². The molecule has 2 rings (SSSR count). The van der Waals surface area contributed by atoms with E-state index >= 15 is 0 Å². The van der Waals surface area contributed by atoms with Crippen LogP contribution < -0.4 is 0 Å². The van der Waals surface area contributed by atoms with Gasteiger partial charge in [-0.05, 0) is 24.6 Å². The summed E-state index contributed by atoms with van der Waals surface area (Å²) < 4.78 is 1.71. The number of allylic oxidation sites excluding steroid dienone is 1. The summed E-state index contributed by atoms with van der Waals surface area (Å²) >= 11 is 0. The number of hydrogen-bond acceptors (Lipinski definition) is 2. The van der Waals surface area contributed by atoms with Gasteiger partial charge in [-0.2, -0.15) is 5.10 Å². The van der Waals surface area contributed by atoms with Gasteiger partial charge in [0, 0.05) is 12.6 Å². The normalized spacial score (nSPS) is 10.3. The molecular weight excluding hydrogens is 224 g/mol. The standard InChI is InChI=1S/C15H16N2O/c1-3-12(2)11-15(18)14-9-10-17(16-14)13-7-5-4-6-8-13/h4-10H,2-3,11H2,1H3. The number of carbonyl (C=O) groups excluding carboxylic acids is 1. The molecule has 0 saturated heterocycles. The Bertz CT molecular complexity index is 555. The van der Waals surface area contributed by atoms with Crippen molar-refractivity contribution in [2.24, 2.45) is 0 Å². The Hall–Kier alpha value is -2.16. The zero-order valence-corrected chi connectivity index (χ0v) is 10.5. The first-order chi connectivity index (χ1) is 8.70. The second kappa shape index (κ2) is 5.45. The van der Waals surface area contributed by atoms with Gasteiger partial charge in [0.15, 0.2) is 5.78 Å². The summed E-state index contributed by atoms with van der Waals surface area (Å²) in [5, 5.41) is 4.29. The van der Waals surface area contributed by atoms with Crippen LogP contribution in [-0.2, 0) is 0 Å². The Labute approximate surface area is 107 Å². The lowest BCUT2D eigenvalue weighted by atomic mass is 10.1. The van der Waals surface area contributed by atoms with Gasteiger partial charge in [-0.25, -0.2) is 4.68 Å². The van der Waals surface area contributed by atoms with E-state index in [1.807, 2.05) is 37.3 Å². The molecular formula is C15H16N2O. The van der Waals surface area contributed by atoms with Crippen LogP contribution in [0.15, 0.2) is 54.7 Å². The summed E-state index contributed by atoms with van der Waals surface area (Å²) in [5.41, 5.74) is 2.38. The van der Waals surface area contributed by atoms with Gasteiger partial charge >= 0.3 is 0 Å². The fourth-order valence-corrected chi connectivity index (χ4v) is 1.64. The van der Waals surface area contributed by atoms with Crippen molar-refractivity contribution in [2.45, 2.75) is 19.8 Å². The molecule has 0 saturated carbocycles. The van der Waals surface area contributed by atoms with E-state index in [0.29, 0.717) is 12.1 Å². The largest absolute Gasteiger partial charge is 0.292 e. The van der Waals surface area contributed by atoms with Crippen LogP contribution in [0.5, 0.6) is 0 Å². The quantitative estimate of drug-likeness (QED) is 0.593. The molecule has 0 amide bonds. The summed E-state index contributed by atoms with van der Waals surface area (Å²) in [5.74, 6) is 0.0246. The molecule has 3 nitrogen and oxygen atoms in total. The lowest BCUT2D eigenvalue weighted by molar-refractivity contribution is 0.0987. The van der Waals surface area contributed by atoms with Crippen LogP contribution in [0.3, 0.4) is 0 Å². The van der Waals surface area contributed by atoms with Crippen molar-refractivity contribution in [2.75, 3.05) is 0 Å². The number of hydrogen-bond donors (Lipinski definition) is 0. The Morgan fingerprint density at radius 2 is 2.00 bits per heavy atom. The molecule has 1 heterocycles. The van der Waals surface area contributed by atoms with Crippen molar-refractivity contribution >= 4 is 5.78 Å². The summed E-state index contributed by atoms with van der Waals surface area (Å²) in [6.45, 7) is 5.85. The maximum Gasteiger partial charge on any atom is 0.187 e. The maximum atomic E-state index is 11.9. The highest BCUT2D eigenvalue weighted by atomic mass is 16.1. The monoisotopic (exact) mass is 240 g/mol. The molecule has 0 radical (unpaired) electrons. The summed E-state index contributed by atoms with van der Waals surface area (Å²) in [6.07, 6.45) is 3.00. The zero-order chi connectivity index (χ0) is 13.0. The molecule has 3 heteroatoms. The van der Waals surface area contributed by atoms with E-state index in [9.17, 15) is 4.79 Å². The molecule has 0 bridgehead atoms. The van der Waals surface area contributed by atoms with Crippen molar-refractivity contribution in [3.8, 4) is 5.69 Å². The minimum absolute atomic E-state index is 0.0246. The van der Waals surface area contributed by atoms with Crippen LogP contribution in [0, 0.1) is 0 Å². The van der Waals surface area contributed by atoms with Gasteiger partial charge in [0.2, 0.25) is 0 Å². The number of rotatable bonds is 5. The van der Waals surface area contributed by atoms with Gasteiger partial charge in [-0.3, -0.25) is 4.79 Å². The number of para-hydroxylation sites is 1. The summed E-state index contributed by atoms with van der Waals surface area (Å²) in [6, 6.07) is 11.5. The second-order valence-electron chi connectivity index (χ2n) is 4.18. The van der Waals surface area contributed by atoms with Gasteiger partial charge < -0.3 is 0 Å². The molecule has 0 atom stereocenters. The Morgan fingerprint density at radius 1 is 1.28 bits per heavy atom. The number of aromatic nitrogens is 2. The molecule has 18 heavy (non-hydrogen) atoms. The highest BCUT2D eigenvalue weighted by Gasteiger charge is 2.10. The Balaban J connectivity index is 2.16. The minimum atomic E-state index is 0.0246. The fraction of sp³-hybridized carbons (Fsp3) is 0.200. The minimum Gasteiger partial charge on any atom is -0.292 e. The zero-order valence-electron chi connectivity index (χ0n) is 10.5. The van der Waals surface area contributed by atoms with E-state index in [-0.39, 0.29) is 5.78 Å². The van der Waals surface area contributed by atoms with Gasteiger partial charge in [0.05, 0.1) is 5.69 Å². The van der Waals surface area contributed by atoms with Crippen LogP contribution in [-0.4, -0.2) is 15.6 Å². The average molecular weight is 240 g/mol. The molecule has 0 unspecified atom stereocenters. The van der Waals surface area contributed by atoms with Gasteiger partial charge in [-0.15, -0.1) is 0 Å². The number of Topliss-reactive ketones (excluding diaryl/α,β-unsaturated/α-hetero) is 1. The fourth-order valence-electron chi connectivity index (χ4n) is 1.64. The third-order valence-corrected chi connectivity index (χ3v) is 2.81.